The van der Waals surface area contributed by atoms with Crippen LogP contribution < -0.4 is 0 Å². The van der Waals surface area contributed by atoms with Crippen molar-refractivity contribution in [2.75, 3.05) is 39.9 Å². The fraction of sp³-hybridized carbons (Fsp3) is 0.667. The van der Waals surface area contributed by atoms with Gasteiger partial charge in [0.25, 0.3) is 5.91 Å². The van der Waals surface area contributed by atoms with Crippen molar-refractivity contribution in [3.05, 3.63) is 23.5 Å². The van der Waals surface area contributed by atoms with E-state index < -0.39 is 0 Å². The number of aromatic nitrogens is 1. The first-order chi connectivity index (χ1) is 11.5. The van der Waals surface area contributed by atoms with Gasteiger partial charge in [0.15, 0.2) is 0 Å². The Bertz CT molecular complexity index is 612. The molecule has 6 nitrogen and oxygen atoms in total. The first kappa shape index (κ1) is 17.0. The summed E-state index contributed by atoms with van der Waals surface area (Å²) in [7, 11) is 1.66. The molecule has 24 heavy (non-hydrogen) atoms. The zero-order valence-electron chi connectivity index (χ0n) is 14.6. The second-order valence-electron chi connectivity index (χ2n) is 7.15. The molecule has 2 amide bonds. The van der Waals surface area contributed by atoms with Crippen LogP contribution in [0.5, 0.6) is 0 Å². The quantitative estimate of drug-likeness (QED) is 0.914. The van der Waals surface area contributed by atoms with Gasteiger partial charge in [-0.3, -0.25) is 9.59 Å². The van der Waals surface area contributed by atoms with Crippen LogP contribution in [0.15, 0.2) is 12.3 Å². The first-order valence-electron chi connectivity index (χ1n) is 8.75. The molecule has 2 fully saturated rings. The number of carbonyl (C=O) groups excluding carboxylic acids is 2. The predicted molar refractivity (Wildman–Crippen MR) is 90.8 cm³/mol. The number of aryl methyl sites for hydroxylation is 1. The number of methoxy groups -OCH3 is 1. The van der Waals surface area contributed by atoms with Gasteiger partial charge in [0, 0.05) is 57.0 Å². The summed E-state index contributed by atoms with van der Waals surface area (Å²) in [6.07, 6.45) is 5.36. The van der Waals surface area contributed by atoms with Crippen molar-refractivity contribution in [1.82, 2.24) is 14.8 Å². The number of hydrogen-bond acceptors (Lipinski definition) is 3. The van der Waals surface area contributed by atoms with E-state index in [1.54, 1.807) is 7.11 Å². The van der Waals surface area contributed by atoms with Crippen molar-refractivity contribution in [3.63, 3.8) is 0 Å². The Morgan fingerprint density at radius 3 is 2.92 bits per heavy atom. The Hall–Kier alpha value is -1.82. The summed E-state index contributed by atoms with van der Waals surface area (Å²) >= 11 is 0. The summed E-state index contributed by atoms with van der Waals surface area (Å²) in [5, 5.41) is 0. The number of aromatic amines is 1. The van der Waals surface area contributed by atoms with Crippen molar-refractivity contribution in [3.8, 4) is 0 Å². The summed E-state index contributed by atoms with van der Waals surface area (Å²) in [6, 6.07) is 1.86. The Balaban J connectivity index is 1.71. The molecule has 3 heterocycles. The maximum absolute atomic E-state index is 12.8. The van der Waals surface area contributed by atoms with E-state index in [4.69, 9.17) is 4.74 Å². The van der Waals surface area contributed by atoms with Gasteiger partial charge in [0.1, 0.15) is 0 Å². The minimum absolute atomic E-state index is 0.0414. The van der Waals surface area contributed by atoms with Crippen LogP contribution in [-0.2, 0) is 9.53 Å². The Morgan fingerprint density at radius 1 is 1.38 bits per heavy atom. The lowest BCUT2D eigenvalue weighted by Gasteiger charge is -2.48. The number of ether oxygens (including phenoxy) is 1. The molecule has 1 N–H and O–H groups in total. The molecule has 2 aliphatic heterocycles. The van der Waals surface area contributed by atoms with Crippen molar-refractivity contribution < 1.29 is 14.3 Å². The van der Waals surface area contributed by atoms with Crippen LogP contribution in [0.2, 0.25) is 0 Å². The number of nitrogens with zero attached hydrogens (tertiary/aromatic N) is 2. The normalized spacial score (nSPS) is 24.7. The smallest absolute Gasteiger partial charge is 0.255 e. The molecule has 1 aromatic heterocycles. The average Bonchev–Trinajstić information content (AvgIpc) is 3.01. The van der Waals surface area contributed by atoms with E-state index in [2.05, 4.69) is 4.98 Å². The number of amides is 2. The average molecular weight is 333 g/mol. The van der Waals surface area contributed by atoms with Crippen molar-refractivity contribution in [2.45, 2.75) is 32.6 Å². The van der Waals surface area contributed by atoms with E-state index in [-0.39, 0.29) is 17.2 Å². The van der Waals surface area contributed by atoms with Crippen LogP contribution in [0, 0.1) is 12.3 Å². The highest BCUT2D eigenvalue weighted by Crippen LogP contribution is 2.39. The molecule has 1 spiro atoms. The topological polar surface area (TPSA) is 65.6 Å². The molecule has 2 aliphatic rings. The molecule has 0 bridgehead atoms. The third kappa shape index (κ3) is 3.34. The van der Waals surface area contributed by atoms with Gasteiger partial charge in [-0.15, -0.1) is 0 Å². The highest BCUT2D eigenvalue weighted by atomic mass is 16.5. The third-order valence-electron chi connectivity index (χ3n) is 5.45. The number of hydrogen-bond donors (Lipinski definition) is 1. The zero-order chi connectivity index (χ0) is 17.2. The number of nitrogens with one attached hydrogen (secondary N) is 1. The Morgan fingerprint density at radius 2 is 2.21 bits per heavy atom. The summed E-state index contributed by atoms with van der Waals surface area (Å²) in [4.78, 5) is 32.0. The van der Waals surface area contributed by atoms with Crippen LogP contribution in [-0.4, -0.2) is 66.5 Å². The molecular weight excluding hydrogens is 306 g/mol. The molecule has 132 valence electrons. The zero-order valence-corrected chi connectivity index (χ0v) is 14.6. The minimum Gasteiger partial charge on any atom is -0.383 e. The summed E-state index contributed by atoms with van der Waals surface area (Å²) in [6.45, 7) is 5.42. The fourth-order valence-electron chi connectivity index (χ4n) is 4.08. The van der Waals surface area contributed by atoms with Crippen molar-refractivity contribution >= 4 is 11.8 Å². The monoisotopic (exact) mass is 333 g/mol. The molecular formula is C18H27N3O3. The number of carbonyl (C=O) groups is 2. The molecule has 0 aromatic carbocycles. The van der Waals surface area contributed by atoms with Gasteiger partial charge in [-0.1, -0.05) is 0 Å². The highest BCUT2D eigenvalue weighted by Gasteiger charge is 2.42. The lowest BCUT2D eigenvalue weighted by atomic mass is 9.73. The van der Waals surface area contributed by atoms with E-state index in [0.717, 1.165) is 50.2 Å². The van der Waals surface area contributed by atoms with Gasteiger partial charge in [0.2, 0.25) is 5.91 Å². The van der Waals surface area contributed by atoms with E-state index in [9.17, 15) is 9.59 Å². The molecule has 1 atom stereocenters. The van der Waals surface area contributed by atoms with Gasteiger partial charge in [-0.05, 0) is 32.3 Å². The molecule has 3 rings (SSSR count). The Labute approximate surface area is 143 Å². The van der Waals surface area contributed by atoms with Gasteiger partial charge < -0.3 is 19.5 Å². The first-order valence-corrected chi connectivity index (χ1v) is 8.75. The van der Waals surface area contributed by atoms with Crippen molar-refractivity contribution in [2.24, 2.45) is 5.41 Å². The minimum atomic E-state index is 0.0414. The molecule has 6 heteroatoms. The van der Waals surface area contributed by atoms with Gasteiger partial charge in [0.05, 0.1) is 12.2 Å². The third-order valence-corrected chi connectivity index (χ3v) is 5.45. The molecule has 0 saturated carbocycles. The second-order valence-corrected chi connectivity index (χ2v) is 7.15. The largest absolute Gasteiger partial charge is 0.383 e. The lowest BCUT2D eigenvalue weighted by molar-refractivity contribution is -0.139. The van der Waals surface area contributed by atoms with E-state index in [1.807, 2.05) is 29.0 Å². The molecule has 1 aromatic rings. The van der Waals surface area contributed by atoms with Gasteiger partial charge >= 0.3 is 0 Å². The van der Waals surface area contributed by atoms with E-state index >= 15 is 0 Å². The number of likely N-dealkylation sites (tertiary alicyclic amines) is 2. The summed E-state index contributed by atoms with van der Waals surface area (Å²) in [5.41, 5.74) is 1.72. The fourth-order valence-corrected chi connectivity index (χ4v) is 4.08. The predicted octanol–water partition coefficient (Wildman–Crippen LogP) is 1.81. The second kappa shape index (κ2) is 6.97. The van der Waals surface area contributed by atoms with E-state index in [1.165, 1.54) is 0 Å². The van der Waals surface area contributed by atoms with Crippen LogP contribution in [0.4, 0.5) is 0 Å². The van der Waals surface area contributed by atoms with Crippen LogP contribution in [0.3, 0.4) is 0 Å². The molecule has 1 unspecified atom stereocenters. The van der Waals surface area contributed by atoms with E-state index in [0.29, 0.717) is 19.6 Å². The SMILES string of the molecule is COCCN1CC2(CCCN(C(=O)c3cc[nH]c3C)C2)CCC1=O. The van der Waals surface area contributed by atoms with Crippen molar-refractivity contribution in [1.29, 1.82) is 0 Å². The molecule has 2 saturated heterocycles. The summed E-state index contributed by atoms with van der Waals surface area (Å²) < 4.78 is 5.13. The van der Waals surface area contributed by atoms with Gasteiger partial charge in [-0.25, -0.2) is 0 Å². The molecule has 0 aliphatic carbocycles. The number of H-pyrrole nitrogens is 1. The maximum Gasteiger partial charge on any atom is 0.255 e. The Kier molecular flexibility index (Phi) is 4.94. The maximum atomic E-state index is 12.8. The highest BCUT2D eigenvalue weighted by molar-refractivity contribution is 5.95. The number of rotatable bonds is 4. The standard InChI is InChI=1S/C18H27N3O3/c1-14-15(5-8-19-14)17(23)21-9-3-6-18(13-21)7-4-16(22)20(12-18)10-11-24-2/h5,8,19H,3-4,6-7,9-13H2,1-2H3. The lowest BCUT2D eigenvalue weighted by Crippen LogP contribution is -2.55. The van der Waals surface area contributed by atoms with Crippen LogP contribution >= 0.6 is 0 Å². The van der Waals surface area contributed by atoms with Gasteiger partial charge in [-0.2, -0.15) is 0 Å². The molecule has 0 radical (unpaired) electrons. The summed E-state index contributed by atoms with van der Waals surface area (Å²) in [5.74, 6) is 0.316. The van der Waals surface area contributed by atoms with Crippen LogP contribution in [0.25, 0.3) is 0 Å². The van der Waals surface area contributed by atoms with Crippen LogP contribution in [0.1, 0.15) is 41.7 Å². The number of piperidine rings is 2.